The Morgan fingerprint density at radius 2 is 1.75 bits per heavy atom. The minimum Gasteiger partial charge on any atom is -0.301 e. The molecule has 118 valence electrons. The van der Waals surface area contributed by atoms with Crippen molar-refractivity contribution in [1.82, 2.24) is 10.2 Å². The van der Waals surface area contributed by atoms with Gasteiger partial charge in [0.15, 0.2) is 0 Å². The van der Waals surface area contributed by atoms with Gasteiger partial charge >= 0.3 is 0 Å². The molecule has 0 fully saturated rings. The molecule has 3 nitrogen and oxygen atoms in total. The lowest BCUT2D eigenvalue weighted by Gasteiger charge is -2.32. The van der Waals surface area contributed by atoms with Crippen molar-refractivity contribution in [1.29, 1.82) is 5.26 Å². The Morgan fingerprint density at radius 1 is 1.15 bits per heavy atom. The fourth-order valence-corrected chi connectivity index (χ4v) is 2.68. The quantitative estimate of drug-likeness (QED) is 0.662. The number of hydrogen-bond acceptors (Lipinski definition) is 3. The topological polar surface area (TPSA) is 39.1 Å². The van der Waals surface area contributed by atoms with Crippen LogP contribution < -0.4 is 5.32 Å². The highest BCUT2D eigenvalue weighted by atomic mass is 15.1. The standard InChI is InChI=1S/C17H35N3/c1-8-17(13-18,19-15(4)5)10-9-11-20(16(6)7)12-14(2)3/h14-16,19H,8-12H2,1-7H3. The van der Waals surface area contributed by atoms with Crippen LogP contribution >= 0.6 is 0 Å². The maximum absolute atomic E-state index is 9.52. The van der Waals surface area contributed by atoms with Crippen LogP contribution in [-0.4, -0.2) is 35.6 Å². The Balaban J connectivity index is 4.45. The first-order chi connectivity index (χ1) is 9.26. The monoisotopic (exact) mass is 281 g/mol. The fourth-order valence-electron chi connectivity index (χ4n) is 2.68. The van der Waals surface area contributed by atoms with Crippen molar-refractivity contribution in [3.63, 3.8) is 0 Å². The van der Waals surface area contributed by atoms with Crippen molar-refractivity contribution in [2.24, 2.45) is 5.92 Å². The van der Waals surface area contributed by atoms with E-state index in [-0.39, 0.29) is 5.54 Å². The minimum absolute atomic E-state index is 0.353. The molecule has 0 aromatic rings. The molecule has 0 aromatic heterocycles. The van der Waals surface area contributed by atoms with Crippen LogP contribution in [0.2, 0.25) is 0 Å². The summed E-state index contributed by atoms with van der Waals surface area (Å²) in [6.07, 6.45) is 2.87. The summed E-state index contributed by atoms with van der Waals surface area (Å²) in [4.78, 5) is 2.53. The average molecular weight is 281 g/mol. The summed E-state index contributed by atoms with van der Waals surface area (Å²) in [6, 6.07) is 3.44. The van der Waals surface area contributed by atoms with Crippen LogP contribution in [0.3, 0.4) is 0 Å². The number of rotatable bonds is 10. The third-order valence-corrected chi connectivity index (χ3v) is 3.76. The van der Waals surface area contributed by atoms with Gasteiger partial charge in [-0.3, -0.25) is 5.32 Å². The molecule has 0 saturated heterocycles. The average Bonchev–Trinajstić information content (AvgIpc) is 2.35. The molecule has 0 bridgehead atoms. The van der Waals surface area contributed by atoms with E-state index in [1.54, 1.807) is 0 Å². The lowest BCUT2D eigenvalue weighted by atomic mass is 9.91. The molecule has 0 aliphatic carbocycles. The van der Waals surface area contributed by atoms with Crippen LogP contribution in [0.4, 0.5) is 0 Å². The van der Waals surface area contributed by atoms with Gasteiger partial charge in [0.05, 0.1) is 6.07 Å². The van der Waals surface area contributed by atoms with E-state index in [9.17, 15) is 5.26 Å². The molecule has 0 spiro atoms. The van der Waals surface area contributed by atoms with Crippen molar-refractivity contribution >= 4 is 0 Å². The molecular weight excluding hydrogens is 246 g/mol. The number of nitriles is 1. The van der Waals surface area contributed by atoms with E-state index in [2.05, 4.69) is 64.8 Å². The van der Waals surface area contributed by atoms with Gasteiger partial charge in [-0.15, -0.1) is 0 Å². The molecule has 1 unspecified atom stereocenters. The molecule has 1 atom stereocenters. The molecule has 20 heavy (non-hydrogen) atoms. The van der Waals surface area contributed by atoms with Crippen molar-refractivity contribution in [3.05, 3.63) is 0 Å². The third kappa shape index (κ3) is 7.26. The first-order valence-electron chi connectivity index (χ1n) is 8.19. The van der Waals surface area contributed by atoms with Gasteiger partial charge in [-0.1, -0.05) is 20.8 Å². The number of nitrogens with one attached hydrogen (secondary N) is 1. The minimum atomic E-state index is -0.353. The van der Waals surface area contributed by atoms with Gasteiger partial charge in [-0.25, -0.2) is 0 Å². The molecule has 0 radical (unpaired) electrons. The van der Waals surface area contributed by atoms with E-state index in [4.69, 9.17) is 0 Å². The van der Waals surface area contributed by atoms with Crippen LogP contribution in [0, 0.1) is 17.2 Å². The zero-order valence-electron chi connectivity index (χ0n) is 14.7. The molecule has 0 aromatic carbocycles. The van der Waals surface area contributed by atoms with E-state index in [1.807, 2.05) is 0 Å². The summed E-state index contributed by atoms with van der Waals surface area (Å²) >= 11 is 0. The van der Waals surface area contributed by atoms with Gasteiger partial charge in [0, 0.05) is 18.6 Å². The fraction of sp³-hybridized carbons (Fsp3) is 0.941. The van der Waals surface area contributed by atoms with Crippen LogP contribution in [0.15, 0.2) is 0 Å². The van der Waals surface area contributed by atoms with Crippen LogP contribution in [0.25, 0.3) is 0 Å². The molecule has 0 heterocycles. The van der Waals surface area contributed by atoms with E-state index in [0.717, 1.165) is 32.4 Å². The van der Waals surface area contributed by atoms with Crippen molar-refractivity contribution in [2.45, 2.75) is 85.4 Å². The summed E-state index contributed by atoms with van der Waals surface area (Å²) < 4.78 is 0. The lowest BCUT2D eigenvalue weighted by molar-refractivity contribution is 0.186. The summed E-state index contributed by atoms with van der Waals surface area (Å²) in [5.74, 6) is 0.693. The van der Waals surface area contributed by atoms with Crippen LogP contribution in [0.1, 0.15) is 67.7 Å². The van der Waals surface area contributed by atoms with Gasteiger partial charge in [-0.05, 0) is 59.4 Å². The molecule has 0 saturated carbocycles. The third-order valence-electron chi connectivity index (χ3n) is 3.76. The van der Waals surface area contributed by atoms with Crippen molar-refractivity contribution in [2.75, 3.05) is 13.1 Å². The van der Waals surface area contributed by atoms with E-state index in [0.29, 0.717) is 18.0 Å². The molecular formula is C17H35N3. The van der Waals surface area contributed by atoms with Crippen LogP contribution in [0.5, 0.6) is 0 Å². The highest BCUT2D eigenvalue weighted by Gasteiger charge is 2.28. The molecule has 0 amide bonds. The van der Waals surface area contributed by atoms with E-state index < -0.39 is 0 Å². The largest absolute Gasteiger partial charge is 0.301 e. The number of hydrogen-bond donors (Lipinski definition) is 1. The maximum atomic E-state index is 9.52. The SMILES string of the molecule is CCC(C#N)(CCCN(CC(C)C)C(C)C)NC(C)C. The Morgan fingerprint density at radius 3 is 2.10 bits per heavy atom. The van der Waals surface area contributed by atoms with Crippen molar-refractivity contribution < 1.29 is 0 Å². The summed E-state index contributed by atoms with van der Waals surface area (Å²) in [5.41, 5.74) is -0.353. The van der Waals surface area contributed by atoms with Gasteiger partial charge in [0.25, 0.3) is 0 Å². The highest BCUT2D eigenvalue weighted by Crippen LogP contribution is 2.18. The normalized spacial score (nSPS) is 15.1. The highest BCUT2D eigenvalue weighted by molar-refractivity contribution is 5.06. The Hall–Kier alpha value is -0.590. The second-order valence-electron chi connectivity index (χ2n) is 6.93. The predicted molar refractivity (Wildman–Crippen MR) is 87.7 cm³/mol. The summed E-state index contributed by atoms with van der Waals surface area (Å²) in [5, 5.41) is 13.0. The van der Waals surface area contributed by atoms with Crippen LogP contribution in [-0.2, 0) is 0 Å². The summed E-state index contributed by atoms with van der Waals surface area (Å²) in [6.45, 7) is 17.6. The summed E-state index contributed by atoms with van der Waals surface area (Å²) in [7, 11) is 0. The smallest absolute Gasteiger partial charge is 0.106 e. The first-order valence-corrected chi connectivity index (χ1v) is 8.19. The van der Waals surface area contributed by atoms with Crippen molar-refractivity contribution in [3.8, 4) is 6.07 Å². The van der Waals surface area contributed by atoms with Gasteiger partial charge in [0.2, 0.25) is 0 Å². The first kappa shape index (κ1) is 19.4. The van der Waals surface area contributed by atoms with Gasteiger partial charge in [-0.2, -0.15) is 5.26 Å². The lowest BCUT2D eigenvalue weighted by Crippen LogP contribution is -2.47. The second kappa shape index (κ2) is 9.37. The second-order valence-corrected chi connectivity index (χ2v) is 6.93. The Bertz CT molecular complexity index is 291. The molecule has 3 heteroatoms. The zero-order chi connectivity index (χ0) is 15.8. The molecule has 0 rings (SSSR count). The maximum Gasteiger partial charge on any atom is 0.106 e. The van der Waals surface area contributed by atoms with Gasteiger partial charge in [0.1, 0.15) is 5.54 Å². The predicted octanol–water partition coefficient (Wildman–Crippen LogP) is 3.80. The van der Waals surface area contributed by atoms with Gasteiger partial charge < -0.3 is 4.90 Å². The molecule has 0 aliphatic rings. The number of nitrogens with zero attached hydrogens (tertiary/aromatic N) is 2. The van der Waals surface area contributed by atoms with E-state index in [1.165, 1.54) is 0 Å². The Kier molecular flexibility index (Phi) is 9.09. The molecule has 0 aliphatic heterocycles. The Labute approximate surface area is 126 Å². The van der Waals surface area contributed by atoms with E-state index >= 15 is 0 Å². The molecule has 1 N–H and O–H groups in total. The zero-order valence-corrected chi connectivity index (χ0v) is 14.7.